The van der Waals surface area contributed by atoms with Crippen LogP contribution in [0.1, 0.15) is 19.4 Å². The number of fused-ring (bicyclic) bond motifs is 1. The molecule has 0 bridgehead atoms. The zero-order valence-corrected chi connectivity index (χ0v) is 12.0. The third kappa shape index (κ3) is 4.03. The van der Waals surface area contributed by atoms with E-state index >= 15 is 0 Å². The van der Waals surface area contributed by atoms with Crippen molar-refractivity contribution in [1.29, 1.82) is 0 Å². The van der Waals surface area contributed by atoms with Gasteiger partial charge in [0, 0.05) is 43.3 Å². The van der Waals surface area contributed by atoms with Gasteiger partial charge in [0.25, 0.3) is 0 Å². The smallest absolute Gasteiger partial charge is 0.222 e. The van der Waals surface area contributed by atoms with E-state index in [0.717, 1.165) is 18.5 Å². The Morgan fingerprint density at radius 2 is 2.05 bits per heavy atom. The van der Waals surface area contributed by atoms with Crippen LogP contribution in [0.15, 0.2) is 36.7 Å². The number of carbonyl (C=O) groups is 1. The maximum absolute atomic E-state index is 11.4. The maximum Gasteiger partial charge on any atom is 0.222 e. The second-order valence-corrected chi connectivity index (χ2v) is 5.18. The van der Waals surface area contributed by atoms with Gasteiger partial charge in [0.2, 0.25) is 5.91 Å². The number of nitrogens with zero attached hydrogens (tertiary/aromatic N) is 1. The summed E-state index contributed by atoms with van der Waals surface area (Å²) < 4.78 is 0. The first-order chi connectivity index (χ1) is 9.66. The van der Waals surface area contributed by atoms with Crippen molar-refractivity contribution in [3.05, 3.63) is 42.2 Å². The van der Waals surface area contributed by atoms with Gasteiger partial charge in [-0.25, -0.2) is 0 Å². The van der Waals surface area contributed by atoms with Gasteiger partial charge < -0.3 is 10.6 Å². The van der Waals surface area contributed by atoms with Crippen molar-refractivity contribution in [2.24, 2.45) is 5.92 Å². The Morgan fingerprint density at radius 3 is 2.85 bits per heavy atom. The van der Waals surface area contributed by atoms with E-state index in [9.17, 15) is 4.79 Å². The Balaban J connectivity index is 1.77. The van der Waals surface area contributed by atoms with Crippen LogP contribution in [0.4, 0.5) is 0 Å². The number of rotatable bonds is 6. The third-order valence-electron chi connectivity index (χ3n) is 3.16. The highest BCUT2D eigenvalue weighted by atomic mass is 16.1. The fraction of sp³-hybridized carbons (Fsp3) is 0.375. The molecular weight excluding hydrogens is 250 g/mol. The number of carbonyl (C=O) groups excluding carboxylic acids is 1. The molecule has 0 atom stereocenters. The van der Waals surface area contributed by atoms with Crippen molar-refractivity contribution >= 4 is 16.7 Å². The largest absolute Gasteiger partial charge is 0.355 e. The van der Waals surface area contributed by atoms with Crippen LogP contribution >= 0.6 is 0 Å². The van der Waals surface area contributed by atoms with E-state index in [1.54, 1.807) is 6.20 Å². The molecule has 4 nitrogen and oxygen atoms in total. The van der Waals surface area contributed by atoms with Crippen molar-refractivity contribution in [1.82, 2.24) is 15.6 Å². The van der Waals surface area contributed by atoms with Gasteiger partial charge in [0.1, 0.15) is 0 Å². The monoisotopic (exact) mass is 271 g/mol. The summed E-state index contributed by atoms with van der Waals surface area (Å²) in [5.74, 6) is 0.147. The van der Waals surface area contributed by atoms with Crippen LogP contribution in [0.3, 0.4) is 0 Å². The Bertz CT molecular complexity index is 581. The second kappa shape index (κ2) is 7.01. The summed E-state index contributed by atoms with van der Waals surface area (Å²) in [7, 11) is 0. The van der Waals surface area contributed by atoms with E-state index < -0.39 is 0 Å². The minimum absolute atomic E-state index is 0.0455. The lowest BCUT2D eigenvalue weighted by molar-refractivity contribution is -0.123. The van der Waals surface area contributed by atoms with Crippen LogP contribution in [0.5, 0.6) is 0 Å². The fourth-order valence-electron chi connectivity index (χ4n) is 1.95. The van der Waals surface area contributed by atoms with Crippen LogP contribution in [0, 0.1) is 5.92 Å². The van der Waals surface area contributed by atoms with Gasteiger partial charge in [-0.05, 0) is 23.1 Å². The average Bonchev–Trinajstić information content (AvgIpc) is 2.46. The Kier molecular flexibility index (Phi) is 5.07. The molecule has 1 heterocycles. The van der Waals surface area contributed by atoms with Crippen molar-refractivity contribution < 1.29 is 4.79 Å². The molecule has 0 fully saturated rings. The van der Waals surface area contributed by atoms with E-state index in [0.29, 0.717) is 6.54 Å². The molecule has 0 aliphatic carbocycles. The zero-order chi connectivity index (χ0) is 14.4. The van der Waals surface area contributed by atoms with E-state index in [1.807, 2.05) is 26.1 Å². The molecule has 2 N–H and O–H groups in total. The van der Waals surface area contributed by atoms with Crippen molar-refractivity contribution in [2.45, 2.75) is 20.4 Å². The molecule has 0 spiro atoms. The fourth-order valence-corrected chi connectivity index (χ4v) is 1.95. The van der Waals surface area contributed by atoms with E-state index in [2.05, 4.69) is 33.8 Å². The molecule has 2 aromatic rings. The number of pyridine rings is 1. The predicted molar refractivity (Wildman–Crippen MR) is 81.3 cm³/mol. The topological polar surface area (TPSA) is 54.0 Å². The lowest BCUT2D eigenvalue weighted by Gasteiger charge is -2.09. The highest BCUT2D eigenvalue weighted by Crippen LogP contribution is 2.14. The van der Waals surface area contributed by atoms with E-state index in [4.69, 9.17) is 0 Å². The van der Waals surface area contributed by atoms with Gasteiger partial charge >= 0.3 is 0 Å². The molecule has 0 aliphatic rings. The molecule has 2 rings (SSSR count). The highest BCUT2D eigenvalue weighted by molar-refractivity contribution is 5.82. The van der Waals surface area contributed by atoms with Gasteiger partial charge in [-0.2, -0.15) is 0 Å². The van der Waals surface area contributed by atoms with E-state index in [1.165, 1.54) is 10.9 Å². The van der Waals surface area contributed by atoms with Crippen LogP contribution < -0.4 is 10.6 Å². The van der Waals surface area contributed by atoms with Crippen LogP contribution in [-0.2, 0) is 11.3 Å². The highest BCUT2D eigenvalue weighted by Gasteiger charge is 2.04. The predicted octanol–water partition coefficient (Wildman–Crippen LogP) is 2.10. The van der Waals surface area contributed by atoms with Gasteiger partial charge in [-0.1, -0.05) is 26.0 Å². The summed E-state index contributed by atoms with van der Waals surface area (Å²) in [5.41, 5.74) is 1.24. The molecule has 4 heteroatoms. The SMILES string of the molecule is CC(C)C(=O)NCCNCc1ccc2cnccc2c1. The molecule has 0 saturated carbocycles. The number of hydrogen-bond acceptors (Lipinski definition) is 3. The second-order valence-electron chi connectivity index (χ2n) is 5.18. The van der Waals surface area contributed by atoms with Gasteiger partial charge in [-0.15, -0.1) is 0 Å². The lowest BCUT2D eigenvalue weighted by atomic mass is 10.1. The third-order valence-corrected chi connectivity index (χ3v) is 3.16. The molecule has 0 saturated heterocycles. The Hall–Kier alpha value is -1.94. The summed E-state index contributed by atoms with van der Waals surface area (Å²) in [6.07, 6.45) is 3.68. The first-order valence-electron chi connectivity index (χ1n) is 6.98. The minimum atomic E-state index is 0.0455. The molecule has 1 aromatic carbocycles. The van der Waals surface area contributed by atoms with Crippen molar-refractivity contribution in [3.8, 4) is 0 Å². The summed E-state index contributed by atoms with van der Waals surface area (Å²) in [5, 5.41) is 8.57. The number of hydrogen-bond donors (Lipinski definition) is 2. The molecule has 1 aromatic heterocycles. The molecule has 106 valence electrons. The number of nitrogens with one attached hydrogen (secondary N) is 2. The van der Waals surface area contributed by atoms with Crippen LogP contribution in [0.25, 0.3) is 10.8 Å². The van der Waals surface area contributed by atoms with Gasteiger partial charge in [-0.3, -0.25) is 9.78 Å². The van der Waals surface area contributed by atoms with Crippen molar-refractivity contribution in [2.75, 3.05) is 13.1 Å². The lowest BCUT2D eigenvalue weighted by Crippen LogP contribution is -2.34. The molecule has 20 heavy (non-hydrogen) atoms. The first kappa shape index (κ1) is 14.5. The average molecular weight is 271 g/mol. The van der Waals surface area contributed by atoms with Crippen LogP contribution in [0.2, 0.25) is 0 Å². The minimum Gasteiger partial charge on any atom is -0.355 e. The first-order valence-corrected chi connectivity index (χ1v) is 6.98. The van der Waals surface area contributed by atoms with Crippen LogP contribution in [-0.4, -0.2) is 24.0 Å². The van der Waals surface area contributed by atoms with Crippen molar-refractivity contribution in [3.63, 3.8) is 0 Å². The number of aromatic nitrogens is 1. The molecule has 0 radical (unpaired) electrons. The summed E-state index contributed by atoms with van der Waals surface area (Å²) in [6.45, 7) is 6.02. The maximum atomic E-state index is 11.4. The Morgan fingerprint density at radius 1 is 1.20 bits per heavy atom. The molecule has 0 unspecified atom stereocenters. The number of amides is 1. The molecule has 0 aliphatic heterocycles. The Labute approximate surface area is 119 Å². The standard InChI is InChI=1S/C16H21N3O/c1-12(2)16(20)19-8-7-18-10-13-3-4-15-11-17-6-5-14(15)9-13/h3-6,9,11-12,18H,7-8,10H2,1-2H3,(H,19,20). The quantitative estimate of drug-likeness (QED) is 0.791. The molecule has 1 amide bonds. The molecular formula is C16H21N3O. The summed E-state index contributed by atoms with van der Waals surface area (Å²) in [6, 6.07) is 8.36. The number of benzene rings is 1. The normalized spacial score (nSPS) is 10.9. The van der Waals surface area contributed by atoms with Gasteiger partial charge in [0.05, 0.1) is 0 Å². The van der Waals surface area contributed by atoms with Gasteiger partial charge in [0.15, 0.2) is 0 Å². The summed E-state index contributed by atoms with van der Waals surface area (Å²) >= 11 is 0. The summed E-state index contributed by atoms with van der Waals surface area (Å²) in [4.78, 5) is 15.5. The van der Waals surface area contributed by atoms with E-state index in [-0.39, 0.29) is 11.8 Å². The zero-order valence-electron chi connectivity index (χ0n) is 12.0.